The van der Waals surface area contributed by atoms with E-state index in [1.165, 1.54) is 10.9 Å². The summed E-state index contributed by atoms with van der Waals surface area (Å²) >= 11 is 5.48. The molecule has 1 rings (SSSR count). The van der Waals surface area contributed by atoms with Crippen LogP contribution in [-0.4, -0.2) is 4.68 Å². The van der Waals surface area contributed by atoms with Crippen LogP contribution in [0.5, 0.6) is 0 Å². The van der Waals surface area contributed by atoms with Gasteiger partial charge in [0.05, 0.1) is 5.02 Å². The molecule has 0 aliphatic rings. The molecule has 0 aliphatic carbocycles. The zero-order valence-electron chi connectivity index (χ0n) is 4.13. The van der Waals surface area contributed by atoms with Gasteiger partial charge in [0.25, 0.3) is 0 Å². The Balaban J connectivity index is 3.14. The van der Waals surface area contributed by atoms with Crippen LogP contribution in [0, 0.1) is 0 Å². The minimum atomic E-state index is 0.468. The van der Waals surface area contributed by atoms with Crippen molar-refractivity contribution in [2.45, 2.75) is 0 Å². The third kappa shape index (κ3) is 0.721. The van der Waals surface area contributed by atoms with Crippen LogP contribution in [0.15, 0.2) is 12.3 Å². The number of anilines is 1. The second-order valence-corrected chi connectivity index (χ2v) is 1.93. The SMILES string of the molecule is Nc1cc(Cl)cn1N. The summed E-state index contributed by atoms with van der Waals surface area (Å²) in [4.78, 5) is 0. The van der Waals surface area contributed by atoms with Crippen molar-refractivity contribution in [1.82, 2.24) is 4.68 Å². The molecule has 0 amide bonds. The van der Waals surface area contributed by atoms with Crippen LogP contribution in [-0.2, 0) is 0 Å². The molecule has 0 unspecified atom stereocenters. The van der Waals surface area contributed by atoms with Crippen LogP contribution in [0.25, 0.3) is 0 Å². The molecule has 0 saturated heterocycles. The van der Waals surface area contributed by atoms with Crippen molar-refractivity contribution in [2.24, 2.45) is 0 Å². The highest BCUT2D eigenvalue weighted by Crippen LogP contribution is 2.11. The molecule has 0 aliphatic heterocycles. The van der Waals surface area contributed by atoms with Crippen LogP contribution in [0.1, 0.15) is 0 Å². The smallest absolute Gasteiger partial charge is 0.123 e. The maximum Gasteiger partial charge on any atom is 0.123 e. The molecule has 0 bridgehead atoms. The summed E-state index contributed by atoms with van der Waals surface area (Å²) in [5.41, 5.74) is 5.29. The minimum Gasteiger partial charge on any atom is -0.384 e. The normalized spacial score (nSPS) is 9.62. The lowest BCUT2D eigenvalue weighted by Gasteiger charge is -1.90. The van der Waals surface area contributed by atoms with E-state index in [9.17, 15) is 0 Å². The van der Waals surface area contributed by atoms with Gasteiger partial charge >= 0.3 is 0 Å². The summed E-state index contributed by atoms with van der Waals surface area (Å²) in [6, 6.07) is 1.58. The van der Waals surface area contributed by atoms with E-state index in [-0.39, 0.29) is 0 Å². The third-order valence-corrected chi connectivity index (χ3v) is 1.05. The zero-order chi connectivity index (χ0) is 6.15. The summed E-state index contributed by atoms with van der Waals surface area (Å²) in [5.74, 6) is 5.72. The van der Waals surface area contributed by atoms with Gasteiger partial charge in [0.2, 0.25) is 0 Å². The fourth-order valence-corrected chi connectivity index (χ4v) is 0.677. The number of hydrogen-bond donors (Lipinski definition) is 2. The fourth-order valence-electron chi connectivity index (χ4n) is 0.460. The summed E-state index contributed by atoms with van der Waals surface area (Å²) in [6.07, 6.45) is 1.54. The molecule has 0 radical (unpaired) electrons. The minimum absolute atomic E-state index is 0.468. The number of nitrogen functional groups attached to an aromatic ring is 2. The Hall–Kier alpha value is -0.830. The number of hydrogen-bond acceptors (Lipinski definition) is 2. The Morgan fingerprint density at radius 2 is 2.25 bits per heavy atom. The molecule has 1 aromatic rings. The average molecular weight is 132 g/mol. The number of nitrogens with two attached hydrogens (primary N) is 2. The predicted molar refractivity (Wildman–Crippen MR) is 34.0 cm³/mol. The van der Waals surface area contributed by atoms with Gasteiger partial charge in [-0.3, -0.25) is 4.68 Å². The predicted octanol–water partition coefficient (Wildman–Crippen LogP) is 0.438. The first-order valence-electron chi connectivity index (χ1n) is 2.08. The van der Waals surface area contributed by atoms with E-state index in [1.807, 2.05) is 0 Å². The van der Waals surface area contributed by atoms with E-state index in [0.717, 1.165) is 0 Å². The Morgan fingerprint density at radius 3 is 2.38 bits per heavy atom. The van der Waals surface area contributed by atoms with Gasteiger partial charge in [0.15, 0.2) is 0 Å². The Morgan fingerprint density at radius 1 is 1.62 bits per heavy atom. The Kier molecular flexibility index (Phi) is 1.06. The van der Waals surface area contributed by atoms with Gasteiger partial charge in [-0.1, -0.05) is 11.6 Å². The zero-order valence-corrected chi connectivity index (χ0v) is 4.89. The third-order valence-electron chi connectivity index (χ3n) is 0.846. The van der Waals surface area contributed by atoms with Crippen molar-refractivity contribution in [3.8, 4) is 0 Å². The molecule has 0 fully saturated rings. The number of rotatable bonds is 0. The molecule has 0 atom stereocenters. The highest BCUT2D eigenvalue weighted by atomic mass is 35.5. The molecule has 0 spiro atoms. The number of halogens is 1. The van der Waals surface area contributed by atoms with Gasteiger partial charge in [-0.2, -0.15) is 0 Å². The molecule has 0 aromatic carbocycles. The monoisotopic (exact) mass is 131 g/mol. The maximum atomic E-state index is 5.48. The van der Waals surface area contributed by atoms with Crippen molar-refractivity contribution in [1.29, 1.82) is 0 Å². The molecule has 4 heteroatoms. The second-order valence-electron chi connectivity index (χ2n) is 1.49. The summed E-state index contributed by atoms with van der Waals surface area (Å²) in [5, 5.41) is 0.560. The van der Waals surface area contributed by atoms with Crippen LogP contribution in [0.3, 0.4) is 0 Å². The highest BCUT2D eigenvalue weighted by molar-refractivity contribution is 6.30. The van der Waals surface area contributed by atoms with Crippen LogP contribution in [0.2, 0.25) is 5.02 Å². The van der Waals surface area contributed by atoms with E-state index < -0.39 is 0 Å². The quantitative estimate of drug-likeness (QED) is 0.502. The van der Waals surface area contributed by atoms with E-state index in [2.05, 4.69) is 0 Å². The first kappa shape index (κ1) is 5.31. The first-order valence-corrected chi connectivity index (χ1v) is 2.46. The van der Waals surface area contributed by atoms with Gasteiger partial charge in [-0.05, 0) is 0 Å². The van der Waals surface area contributed by atoms with Crippen LogP contribution < -0.4 is 11.6 Å². The maximum absolute atomic E-state index is 5.48. The molecule has 1 aromatic heterocycles. The van der Waals surface area contributed by atoms with Gasteiger partial charge in [0.1, 0.15) is 5.82 Å². The van der Waals surface area contributed by atoms with Crippen molar-refractivity contribution in [3.63, 3.8) is 0 Å². The van der Waals surface area contributed by atoms with Crippen LogP contribution >= 0.6 is 11.6 Å². The largest absolute Gasteiger partial charge is 0.384 e. The average Bonchev–Trinajstić information content (AvgIpc) is 1.85. The molecular weight excluding hydrogens is 126 g/mol. The van der Waals surface area contributed by atoms with Gasteiger partial charge in [-0.25, -0.2) is 0 Å². The highest BCUT2D eigenvalue weighted by Gasteiger charge is 1.93. The van der Waals surface area contributed by atoms with Gasteiger partial charge < -0.3 is 11.6 Å². The molecule has 4 N–H and O–H groups in total. The molecule has 1 heterocycles. The Labute approximate surface area is 51.8 Å². The van der Waals surface area contributed by atoms with Crippen molar-refractivity contribution < 1.29 is 0 Å². The molecular formula is C4H6ClN3. The standard InChI is InChI=1S/C4H6ClN3/c5-3-1-4(6)8(7)2-3/h1-2H,6-7H2. The first-order chi connectivity index (χ1) is 3.70. The topological polar surface area (TPSA) is 57.0 Å². The van der Waals surface area contributed by atoms with E-state index in [0.29, 0.717) is 10.8 Å². The van der Waals surface area contributed by atoms with Crippen molar-refractivity contribution >= 4 is 17.4 Å². The van der Waals surface area contributed by atoms with Crippen molar-refractivity contribution in [2.75, 3.05) is 11.6 Å². The molecule has 0 saturated carbocycles. The van der Waals surface area contributed by atoms with E-state index in [1.54, 1.807) is 6.07 Å². The lowest BCUT2D eigenvalue weighted by atomic mass is 10.6. The molecule has 3 nitrogen and oxygen atoms in total. The van der Waals surface area contributed by atoms with E-state index in [4.69, 9.17) is 23.2 Å². The van der Waals surface area contributed by atoms with E-state index >= 15 is 0 Å². The number of aromatic nitrogens is 1. The molecule has 8 heavy (non-hydrogen) atoms. The fraction of sp³-hybridized carbons (Fsp3) is 0. The lowest BCUT2D eigenvalue weighted by molar-refractivity contribution is 1.03. The second kappa shape index (κ2) is 1.59. The van der Waals surface area contributed by atoms with Crippen molar-refractivity contribution in [3.05, 3.63) is 17.3 Å². The Bertz CT molecular complexity index is 174. The van der Waals surface area contributed by atoms with Gasteiger partial charge in [-0.15, -0.1) is 0 Å². The summed E-state index contributed by atoms with van der Waals surface area (Å²) in [6.45, 7) is 0. The summed E-state index contributed by atoms with van der Waals surface area (Å²) in [7, 11) is 0. The lowest BCUT2D eigenvalue weighted by Crippen LogP contribution is -2.08. The summed E-state index contributed by atoms with van der Waals surface area (Å²) < 4.78 is 1.27. The van der Waals surface area contributed by atoms with Crippen LogP contribution in [0.4, 0.5) is 5.82 Å². The molecule has 44 valence electrons. The van der Waals surface area contributed by atoms with Gasteiger partial charge in [0, 0.05) is 12.3 Å². The number of nitrogens with zero attached hydrogens (tertiary/aromatic N) is 1.